The summed E-state index contributed by atoms with van der Waals surface area (Å²) in [5.74, 6) is -5.48. The molecular weight excluding hydrogens is 841 g/mol. The predicted molar refractivity (Wildman–Crippen MR) is 153 cm³/mol. The van der Waals surface area contributed by atoms with Crippen molar-refractivity contribution in [2.24, 2.45) is 0 Å². The van der Waals surface area contributed by atoms with Gasteiger partial charge in [0, 0.05) is 51.2 Å². The molecule has 0 N–H and O–H groups in total. The Morgan fingerprint density at radius 2 is 0.821 bits per heavy atom. The van der Waals surface area contributed by atoms with Gasteiger partial charge in [0.25, 0.3) is 0 Å². The van der Waals surface area contributed by atoms with Crippen molar-refractivity contribution in [3.63, 3.8) is 0 Å². The first kappa shape index (κ1) is 33.9. The van der Waals surface area contributed by atoms with E-state index in [1.165, 1.54) is 0 Å². The van der Waals surface area contributed by atoms with Gasteiger partial charge in [-0.05, 0) is 36.4 Å². The van der Waals surface area contributed by atoms with E-state index >= 15 is 0 Å². The quantitative estimate of drug-likeness (QED) is 0.0760. The van der Waals surface area contributed by atoms with E-state index in [1.54, 1.807) is 0 Å². The molecule has 0 aromatic heterocycles. The molecule has 0 aliphatic rings. The number of alkyl halides is 6. The van der Waals surface area contributed by atoms with E-state index in [4.69, 9.17) is 0 Å². The number of benzene rings is 4. The van der Waals surface area contributed by atoms with Crippen LogP contribution in [0, 0.1) is 23.3 Å². The summed E-state index contributed by atoms with van der Waals surface area (Å²) in [6, 6.07) is 28.4. The molecule has 0 nitrogen and oxygen atoms in total. The summed E-state index contributed by atoms with van der Waals surface area (Å²) in [6.07, 6.45) is -0.183. The number of hydrogen-bond donors (Lipinski definition) is 0. The van der Waals surface area contributed by atoms with E-state index < -0.39 is 44.0 Å². The number of hydrogen-bond acceptors (Lipinski definition) is 0. The highest BCUT2D eigenvalue weighted by Gasteiger charge is 2.51. The first-order valence-electron chi connectivity index (χ1n) is 10.8. The summed E-state index contributed by atoms with van der Waals surface area (Å²) < 4.78 is 95.5. The molecule has 0 amide bonds. The van der Waals surface area contributed by atoms with Crippen LogP contribution in [0.5, 0.6) is 0 Å². The molecule has 0 saturated heterocycles. The zero-order valence-corrected chi connectivity index (χ0v) is 26.3. The number of rotatable bonds is 6. The maximum Gasteiger partial charge on any atom is 0.367 e. The minimum atomic E-state index is -3.94. The second kappa shape index (κ2) is 14.0. The van der Waals surface area contributed by atoms with Crippen LogP contribution < -0.4 is 32.9 Å². The third kappa shape index (κ3) is 7.91. The maximum absolute atomic E-state index is 14.8. The summed E-state index contributed by atoms with van der Waals surface area (Å²) in [4.78, 5) is 0. The van der Waals surface area contributed by atoms with Crippen molar-refractivity contribution >= 4 is 68.4 Å². The SMILES string of the molecule is FC(F)(I)C(F)(F)I.Fc1cc(F)c(F)c(C[P+](c2ccccc2)(c2ccccc2)c2ccccc2)c1F.[Br-]. The molecule has 0 fully saturated rings. The second-order valence-corrected chi connectivity index (χ2v) is 14.1. The Balaban J connectivity index is 0.000000519. The monoisotopic (exact) mass is 858 g/mol. The topological polar surface area (TPSA) is 0 Å². The highest BCUT2D eigenvalue weighted by Crippen LogP contribution is 2.58. The zero-order chi connectivity index (χ0) is 28.1. The van der Waals surface area contributed by atoms with E-state index in [1.807, 2.05) is 91.0 Å². The van der Waals surface area contributed by atoms with Crippen LogP contribution >= 0.6 is 52.4 Å². The Bertz CT molecular complexity index is 1210. The van der Waals surface area contributed by atoms with Gasteiger partial charge in [-0.3, -0.25) is 0 Å². The van der Waals surface area contributed by atoms with Crippen LogP contribution in [0.4, 0.5) is 35.1 Å². The summed E-state index contributed by atoms with van der Waals surface area (Å²) in [7, 11) is -2.68. The fourth-order valence-corrected chi connectivity index (χ4v) is 8.00. The molecule has 208 valence electrons. The van der Waals surface area contributed by atoms with Crippen molar-refractivity contribution in [2.75, 3.05) is 0 Å². The van der Waals surface area contributed by atoms with Gasteiger partial charge in [-0.15, -0.1) is 0 Å². The van der Waals surface area contributed by atoms with Crippen molar-refractivity contribution in [1.82, 2.24) is 0 Å². The molecule has 12 heteroatoms. The maximum atomic E-state index is 14.8. The van der Waals surface area contributed by atoms with Crippen molar-refractivity contribution in [1.29, 1.82) is 0 Å². The summed E-state index contributed by atoms with van der Waals surface area (Å²) in [5.41, 5.74) is -0.572. The Labute approximate surface area is 258 Å². The van der Waals surface area contributed by atoms with Gasteiger partial charge in [0.2, 0.25) is 0 Å². The van der Waals surface area contributed by atoms with E-state index in [0.29, 0.717) is 45.2 Å². The Morgan fingerprint density at radius 3 is 1.08 bits per heavy atom. The Kier molecular flexibility index (Phi) is 12.2. The molecule has 4 rings (SSSR count). The average molecular weight is 859 g/mol. The van der Waals surface area contributed by atoms with Crippen LogP contribution in [0.1, 0.15) is 5.56 Å². The van der Waals surface area contributed by atoms with Crippen molar-refractivity contribution < 1.29 is 52.1 Å². The van der Waals surface area contributed by atoms with Crippen LogP contribution in [0.25, 0.3) is 0 Å². The van der Waals surface area contributed by atoms with Gasteiger partial charge in [-0.1, -0.05) is 54.6 Å². The van der Waals surface area contributed by atoms with Gasteiger partial charge in [0.15, 0.2) is 23.3 Å². The van der Waals surface area contributed by atoms with E-state index in [9.17, 15) is 35.1 Å². The molecule has 4 aromatic carbocycles. The third-order valence-corrected chi connectivity index (χ3v) is 12.2. The molecule has 39 heavy (non-hydrogen) atoms. The van der Waals surface area contributed by atoms with Gasteiger partial charge in [0.1, 0.15) is 29.3 Å². The van der Waals surface area contributed by atoms with Gasteiger partial charge in [-0.2, -0.15) is 17.6 Å². The smallest absolute Gasteiger partial charge is 0.367 e. The number of halogens is 11. The van der Waals surface area contributed by atoms with Crippen LogP contribution in [-0.4, -0.2) is 7.86 Å². The normalized spacial score (nSPS) is 11.7. The minimum absolute atomic E-state index is 0. The minimum Gasteiger partial charge on any atom is -1.00 e. The van der Waals surface area contributed by atoms with Crippen LogP contribution in [-0.2, 0) is 6.16 Å². The molecular formula is C27H18BrF8I2P. The fraction of sp³-hybridized carbons (Fsp3) is 0.111. The zero-order valence-electron chi connectivity index (χ0n) is 19.5. The lowest BCUT2D eigenvalue weighted by Crippen LogP contribution is -3.00. The van der Waals surface area contributed by atoms with Crippen molar-refractivity contribution in [3.05, 3.63) is 126 Å². The standard InChI is InChI=1S/C25H18F4P.C2F4I2.BrH/c26-22-16-23(27)25(29)21(24(22)28)17-30(18-10-4-1-5-11-18,19-12-6-2-7-13-19)20-14-8-3-9-15-20;3-1(4,7)2(5,6)8;/h1-16H,17H2;;1H/q+1;;/p-1. The first-order chi connectivity index (χ1) is 17.8. The van der Waals surface area contributed by atoms with E-state index in [2.05, 4.69) is 0 Å². The predicted octanol–water partition coefficient (Wildman–Crippen LogP) is 5.78. The molecule has 0 aliphatic heterocycles. The molecule has 4 aromatic rings. The second-order valence-electron chi connectivity index (χ2n) is 7.92. The van der Waals surface area contributed by atoms with Gasteiger partial charge >= 0.3 is 7.86 Å². The van der Waals surface area contributed by atoms with Gasteiger partial charge < -0.3 is 17.0 Å². The molecule has 0 atom stereocenters. The van der Waals surface area contributed by atoms with Crippen LogP contribution in [0.2, 0.25) is 0 Å². The Morgan fingerprint density at radius 1 is 0.538 bits per heavy atom. The molecule has 0 bridgehead atoms. The Hall–Kier alpha value is -1.31. The van der Waals surface area contributed by atoms with E-state index in [-0.39, 0.29) is 29.2 Å². The van der Waals surface area contributed by atoms with E-state index in [0.717, 1.165) is 15.9 Å². The molecule has 0 heterocycles. The lowest BCUT2D eigenvalue weighted by atomic mass is 10.2. The first-order valence-corrected chi connectivity index (χ1v) is 14.9. The van der Waals surface area contributed by atoms with Crippen LogP contribution in [0.15, 0.2) is 97.1 Å². The molecule has 0 spiro atoms. The summed E-state index contributed by atoms with van der Waals surface area (Å²) in [6.45, 7) is 0. The highest BCUT2D eigenvalue weighted by atomic mass is 127. The molecule has 0 unspecified atom stereocenters. The lowest BCUT2D eigenvalue weighted by Gasteiger charge is -2.28. The summed E-state index contributed by atoms with van der Waals surface area (Å²) >= 11 is 0.785. The van der Waals surface area contributed by atoms with Crippen molar-refractivity contribution in [2.45, 2.75) is 14.0 Å². The molecule has 0 radical (unpaired) electrons. The third-order valence-electron chi connectivity index (χ3n) is 5.51. The van der Waals surface area contributed by atoms with Crippen molar-refractivity contribution in [3.8, 4) is 0 Å². The molecule has 0 saturated carbocycles. The highest BCUT2D eigenvalue weighted by molar-refractivity contribution is 14.1. The van der Waals surface area contributed by atoms with Gasteiger partial charge in [-0.25, -0.2) is 17.6 Å². The molecule has 0 aliphatic carbocycles. The fourth-order valence-electron chi connectivity index (χ4n) is 3.77. The van der Waals surface area contributed by atoms with Crippen LogP contribution in [0.3, 0.4) is 0 Å². The van der Waals surface area contributed by atoms with Gasteiger partial charge in [0.05, 0.1) is 5.56 Å². The largest absolute Gasteiger partial charge is 1.00 e. The summed E-state index contributed by atoms with van der Waals surface area (Å²) in [5, 5.41) is 2.60. The average Bonchev–Trinajstić information content (AvgIpc) is 2.89. The lowest BCUT2D eigenvalue weighted by molar-refractivity contribution is -0.0561.